The summed E-state index contributed by atoms with van der Waals surface area (Å²) >= 11 is 0. The number of amides is 2. The van der Waals surface area contributed by atoms with Gasteiger partial charge in [-0.1, -0.05) is 61.5 Å². The lowest BCUT2D eigenvalue weighted by atomic mass is 9.72. The molecule has 1 aromatic carbocycles. The SMILES string of the molecule is CC[C@@H](C(=O)[C@@H](C)[C@@H](O)[C@H](C)[C@@H]1O[C@@H]([C@@H](CC)C(=O)O)CC[C@@H]1C)[C@H]1O[C@]2(C=C[C@@H](NC(=O)Nc3ccc(F)cc3F)[C@]3(CC[C@@](C)([C@H]4CC[C@](O)(CC)[C@H](C)O4)O3)O2)[C@H](C)C[C@@H]1C. The number of nitrogens with one attached hydrogen (secondary N) is 2. The molecule has 5 aliphatic heterocycles. The molecule has 0 bridgehead atoms. The Kier molecular flexibility index (Phi) is 15.5. The summed E-state index contributed by atoms with van der Waals surface area (Å²) in [5, 5.41) is 38.3. The molecule has 2 amide bonds. The van der Waals surface area contributed by atoms with Gasteiger partial charge in [-0.2, -0.15) is 0 Å². The fourth-order valence-electron chi connectivity index (χ4n) is 11.6. The molecule has 4 saturated heterocycles. The van der Waals surface area contributed by atoms with Crippen molar-refractivity contribution in [3.8, 4) is 0 Å². The second-order valence-electron chi connectivity index (χ2n) is 20.2. The Morgan fingerprint density at radius 1 is 0.906 bits per heavy atom. The molecule has 0 aliphatic carbocycles. The fourth-order valence-corrected chi connectivity index (χ4v) is 11.6. The van der Waals surface area contributed by atoms with Crippen LogP contribution in [0.1, 0.15) is 133 Å². The molecule has 4 fully saturated rings. The Labute approximate surface area is 377 Å². The highest BCUT2D eigenvalue weighted by Crippen LogP contribution is 2.54. The number of hydrogen-bond donors (Lipinski definition) is 5. The molecule has 0 aromatic heterocycles. The van der Waals surface area contributed by atoms with Gasteiger partial charge in [-0.05, 0) is 102 Å². The summed E-state index contributed by atoms with van der Waals surface area (Å²) in [5.74, 6) is -8.52. The molecule has 0 radical (unpaired) electrons. The summed E-state index contributed by atoms with van der Waals surface area (Å²) in [7, 11) is 0. The molecule has 5 heterocycles. The van der Waals surface area contributed by atoms with Gasteiger partial charge in [0, 0.05) is 36.2 Å². The standard InChI is InChI=1S/C49H74F2N2O11/c1-11-33(44(56)57)37-17-14-26(4)42(61-37)30(8)40(54)29(7)41(55)34(12-2)43-27(5)24-28(6)48(62-43)21-18-38(53-45(58)52-36-16-15-32(50)25-35(36)51)49(64-48)23-22-46(10,63-49)39-19-20-47(59,13-3)31(9)60-39/h15-16,18,21,25-31,33-34,37-40,42-43,54,59H,11-14,17,19-20,22-24H2,1-10H3,(H,56,57)(H2,52,53,58)/t26-,27-,28+,29-,30-,31-,33+,34-,37+,38+,39+,40+,42+,43-,46-,47+,48-,49-/m0/s1. The molecule has 1 aromatic rings. The Balaban J connectivity index is 1.25. The van der Waals surface area contributed by atoms with Crippen molar-refractivity contribution in [2.45, 2.75) is 199 Å². The number of rotatable bonds is 14. The van der Waals surface area contributed by atoms with E-state index in [2.05, 4.69) is 10.6 Å². The van der Waals surface area contributed by atoms with Crippen LogP contribution in [0, 0.1) is 53.1 Å². The summed E-state index contributed by atoms with van der Waals surface area (Å²) in [6.45, 7) is 19.2. The molecule has 15 heteroatoms. The third kappa shape index (κ3) is 9.82. The smallest absolute Gasteiger partial charge is 0.319 e. The first kappa shape index (κ1) is 50.4. The maximum absolute atomic E-state index is 14.7. The number of halogens is 2. The lowest BCUT2D eigenvalue weighted by Gasteiger charge is -2.55. The number of urea groups is 1. The number of ether oxygens (including phenoxy) is 5. The molecule has 0 saturated carbocycles. The van der Waals surface area contributed by atoms with E-state index in [9.17, 15) is 38.5 Å². The summed E-state index contributed by atoms with van der Waals surface area (Å²) in [5.41, 5.74) is -2.11. The number of aliphatic hydroxyl groups is 2. The Morgan fingerprint density at radius 2 is 1.61 bits per heavy atom. The Bertz CT molecular complexity index is 1870. The lowest BCUT2D eigenvalue weighted by Crippen LogP contribution is -2.66. The van der Waals surface area contributed by atoms with Crippen molar-refractivity contribution in [2.75, 3.05) is 5.32 Å². The van der Waals surface area contributed by atoms with Gasteiger partial charge in [0.2, 0.25) is 0 Å². The molecule has 0 unspecified atom stereocenters. The number of ketones is 1. The molecule has 5 N–H and O–H groups in total. The number of anilines is 1. The van der Waals surface area contributed by atoms with Crippen LogP contribution in [0.2, 0.25) is 0 Å². The molecule has 2 spiro atoms. The van der Waals surface area contributed by atoms with Gasteiger partial charge in [0.15, 0.2) is 11.6 Å². The van der Waals surface area contributed by atoms with E-state index < -0.39 is 113 Å². The highest BCUT2D eigenvalue weighted by Gasteiger charge is 2.63. The Hall–Kier alpha value is -3.05. The number of aliphatic carboxylic acids is 1. The third-order valence-corrected chi connectivity index (χ3v) is 15.9. The van der Waals surface area contributed by atoms with E-state index in [0.29, 0.717) is 63.9 Å². The summed E-state index contributed by atoms with van der Waals surface area (Å²) in [6.07, 6.45) is 5.19. The van der Waals surface area contributed by atoms with Crippen LogP contribution in [-0.2, 0) is 33.3 Å². The van der Waals surface area contributed by atoms with Crippen LogP contribution in [0.25, 0.3) is 0 Å². The first-order chi connectivity index (χ1) is 30.1. The van der Waals surface area contributed by atoms with E-state index in [1.165, 1.54) is 0 Å². The summed E-state index contributed by atoms with van der Waals surface area (Å²) in [4.78, 5) is 40.3. The minimum Gasteiger partial charge on any atom is -0.481 e. The zero-order valence-electron chi connectivity index (χ0n) is 39.4. The number of hydrogen-bond acceptors (Lipinski definition) is 10. The van der Waals surface area contributed by atoms with E-state index >= 15 is 0 Å². The first-order valence-corrected chi connectivity index (χ1v) is 23.8. The molecule has 360 valence electrons. The second kappa shape index (κ2) is 19.7. The van der Waals surface area contributed by atoms with Crippen molar-refractivity contribution in [3.63, 3.8) is 0 Å². The van der Waals surface area contributed by atoms with Crippen LogP contribution >= 0.6 is 0 Å². The highest BCUT2D eigenvalue weighted by molar-refractivity contribution is 5.89. The van der Waals surface area contributed by atoms with Crippen LogP contribution in [0.5, 0.6) is 0 Å². The first-order valence-electron chi connectivity index (χ1n) is 23.8. The number of carbonyl (C=O) groups excluding carboxylic acids is 2. The van der Waals surface area contributed by atoms with E-state index in [1.54, 1.807) is 19.1 Å². The normalized spacial score (nSPS) is 40.1. The van der Waals surface area contributed by atoms with Crippen LogP contribution in [0.4, 0.5) is 19.3 Å². The second-order valence-corrected chi connectivity index (χ2v) is 20.2. The largest absolute Gasteiger partial charge is 0.481 e. The van der Waals surface area contributed by atoms with Crippen LogP contribution in [0.15, 0.2) is 30.4 Å². The van der Waals surface area contributed by atoms with E-state index in [1.807, 2.05) is 62.3 Å². The predicted octanol–water partition coefficient (Wildman–Crippen LogP) is 8.30. The maximum Gasteiger partial charge on any atom is 0.319 e. The van der Waals surface area contributed by atoms with Gasteiger partial charge >= 0.3 is 12.0 Å². The molecule has 6 rings (SSSR count). The zero-order valence-corrected chi connectivity index (χ0v) is 39.4. The molecule has 13 nitrogen and oxygen atoms in total. The number of carboxylic acids is 1. The van der Waals surface area contributed by atoms with Crippen molar-refractivity contribution in [1.82, 2.24) is 5.32 Å². The summed E-state index contributed by atoms with van der Waals surface area (Å²) < 4.78 is 62.6. The average Bonchev–Trinajstić information content (AvgIpc) is 3.59. The third-order valence-electron chi connectivity index (χ3n) is 15.9. The van der Waals surface area contributed by atoms with Crippen molar-refractivity contribution in [1.29, 1.82) is 0 Å². The zero-order chi connectivity index (χ0) is 47.1. The van der Waals surface area contributed by atoms with Crippen molar-refractivity contribution in [2.24, 2.45) is 41.4 Å². The molecular formula is C49H74F2N2O11. The van der Waals surface area contributed by atoms with Gasteiger partial charge in [-0.15, -0.1) is 0 Å². The summed E-state index contributed by atoms with van der Waals surface area (Å²) in [6, 6.07) is 1.18. The van der Waals surface area contributed by atoms with Crippen LogP contribution in [0.3, 0.4) is 0 Å². The van der Waals surface area contributed by atoms with Gasteiger partial charge in [0.05, 0.1) is 59.4 Å². The number of carboxylic acid groups (broad SMARTS) is 1. The monoisotopic (exact) mass is 905 g/mol. The topological polar surface area (TPSA) is 182 Å². The van der Waals surface area contributed by atoms with Crippen molar-refractivity contribution >= 4 is 23.5 Å². The highest BCUT2D eigenvalue weighted by atomic mass is 19.1. The van der Waals surface area contributed by atoms with Gasteiger partial charge in [0.1, 0.15) is 23.5 Å². The molecule has 18 atom stereocenters. The van der Waals surface area contributed by atoms with Crippen LogP contribution < -0.4 is 10.6 Å². The van der Waals surface area contributed by atoms with Crippen molar-refractivity contribution < 1.29 is 62.2 Å². The quantitative estimate of drug-likeness (QED) is 0.113. The van der Waals surface area contributed by atoms with Gasteiger partial charge in [-0.25, -0.2) is 13.6 Å². The van der Waals surface area contributed by atoms with Gasteiger partial charge < -0.3 is 49.6 Å². The molecular weight excluding hydrogens is 831 g/mol. The van der Waals surface area contributed by atoms with Gasteiger partial charge in [0.25, 0.3) is 0 Å². The number of aliphatic hydroxyl groups excluding tert-OH is 1. The van der Waals surface area contributed by atoms with Crippen molar-refractivity contribution in [3.05, 3.63) is 42.0 Å². The predicted molar refractivity (Wildman–Crippen MR) is 235 cm³/mol. The Morgan fingerprint density at radius 3 is 2.23 bits per heavy atom. The van der Waals surface area contributed by atoms with Gasteiger partial charge in [-0.3, -0.25) is 9.59 Å². The minimum absolute atomic E-state index is 0.0582. The maximum atomic E-state index is 14.7. The lowest BCUT2D eigenvalue weighted by molar-refractivity contribution is -0.397. The number of Topliss-reactive ketones (excluding diaryl/α,β-unsaturated/α-hetero) is 1. The van der Waals surface area contributed by atoms with Crippen LogP contribution in [-0.4, -0.2) is 98.5 Å². The van der Waals surface area contributed by atoms with E-state index in [0.717, 1.165) is 18.6 Å². The molecule has 64 heavy (non-hydrogen) atoms. The minimum atomic E-state index is -1.52. The number of benzene rings is 1. The van der Waals surface area contributed by atoms with E-state index in [4.69, 9.17) is 23.7 Å². The average molecular weight is 905 g/mol. The fraction of sp³-hybridized carbons (Fsp3) is 0.776. The molecule has 5 aliphatic rings. The number of carbonyl (C=O) groups is 3. The van der Waals surface area contributed by atoms with E-state index in [-0.39, 0.29) is 29.2 Å².